The summed E-state index contributed by atoms with van der Waals surface area (Å²) in [5.41, 5.74) is 1.52. The maximum atomic E-state index is 12.8. The van der Waals surface area contributed by atoms with Gasteiger partial charge in [-0.1, -0.05) is 37.6 Å². The summed E-state index contributed by atoms with van der Waals surface area (Å²) in [6, 6.07) is 8.98. The average molecular weight is 431 g/mol. The normalized spacial score (nSPS) is 12.4. The van der Waals surface area contributed by atoms with Crippen molar-refractivity contribution in [3.8, 4) is 0 Å². The molecule has 0 saturated heterocycles. The monoisotopic (exact) mass is 430 g/mol. The van der Waals surface area contributed by atoms with Crippen LogP contribution in [0.1, 0.15) is 25.0 Å². The van der Waals surface area contributed by atoms with E-state index in [0.29, 0.717) is 24.2 Å². The molecule has 2 rings (SSSR count). The lowest BCUT2D eigenvalue weighted by atomic mass is 10.1. The second-order valence-electron chi connectivity index (χ2n) is 6.04. The van der Waals surface area contributed by atoms with Crippen molar-refractivity contribution >= 4 is 37.3 Å². The highest BCUT2D eigenvalue weighted by molar-refractivity contribution is 7.93. The first kappa shape index (κ1) is 21.7. The number of benzene rings is 2. The van der Waals surface area contributed by atoms with Crippen LogP contribution in [0.15, 0.2) is 46.2 Å². The number of halogens is 1. The first-order valence-electron chi connectivity index (χ1n) is 8.43. The highest BCUT2D eigenvalue weighted by atomic mass is 35.5. The van der Waals surface area contributed by atoms with Gasteiger partial charge in [-0.05, 0) is 49.2 Å². The standard InChI is InChI=1S/C18H23ClN2O4S2/c1-5-21(6-2)27(24,25)15-11-13(3)14(4)17(12-15)20-26(22,23)18-10-8-7-9-16(18)19/h7-12,20H,5-6H2,1-4H3. The van der Waals surface area contributed by atoms with E-state index in [2.05, 4.69) is 4.72 Å². The number of rotatable bonds is 7. The number of nitrogens with zero attached hydrogens (tertiary/aromatic N) is 1. The summed E-state index contributed by atoms with van der Waals surface area (Å²) < 4.78 is 54.9. The number of nitrogens with one attached hydrogen (secondary N) is 1. The fraction of sp³-hybridized carbons (Fsp3) is 0.333. The Hall–Kier alpha value is -1.61. The van der Waals surface area contributed by atoms with Gasteiger partial charge in [-0.15, -0.1) is 0 Å². The van der Waals surface area contributed by atoms with E-state index in [1.165, 1.54) is 22.5 Å². The van der Waals surface area contributed by atoms with E-state index in [0.717, 1.165) is 0 Å². The summed E-state index contributed by atoms with van der Waals surface area (Å²) >= 11 is 6.01. The Bertz CT molecular complexity index is 1050. The molecule has 0 aliphatic carbocycles. The Morgan fingerprint density at radius 2 is 1.59 bits per heavy atom. The molecular weight excluding hydrogens is 408 g/mol. The van der Waals surface area contributed by atoms with Crippen molar-refractivity contribution < 1.29 is 16.8 Å². The molecule has 0 heterocycles. The Labute approximate surface area is 166 Å². The zero-order chi connectivity index (χ0) is 20.4. The minimum absolute atomic E-state index is 0.0474. The van der Waals surface area contributed by atoms with Gasteiger partial charge in [-0.3, -0.25) is 4.72 Å². The quantitative estimate of drug-likeness (QED) is 0.724. The molecule has 0 saturated carbocycles. The van der Waals surface area contributed by atoms with Crippen LogP contribution in [-0.2, 0) is 20.0 Å². The fourth-order valence-electron chi connectivity index (χ4n) is 2.66. The highest BCUT2D eigenvalue weighted by Gasteiger charge is 2.25. The molecule has 0 spiro atoms. The third-order valence-electron chi connectivity index (χ3n) is 4.35. The maximum absolute atomic E-state index is 12.8. The van der Waals surface area contributed by atoms with Crippen LogP contribution >= 0.6 is 11.6 Å². The van der Waals surface area contributed by atoms with Gasteiger partial charge in [-0.25, -0.2) is 16.8 Å². The van der Waals surface area contributed by atoms with E-state index in [4.69, 9.17) is 11.6 Å². The van der Waals surface area contributed by atoms with Crippen LogP contribution in [0.4, 0.5) is 5.69 Å². The molecule has 0 fully saturated rings. The van der Waals surface area contributed by atoms with Crippen molar-refractivity contribution in [3.63, 3.8) is 0 Å². The SMILES string of the molecule is CCN(CC)S(=O)(=O)c1cc(C)c(C)c(NS(=O)(=O)c2ccccc2Cl)c1. The van der Waals surface area contributed by atoms with Crippen LogP contribution in [0.25, 0.3) is 0 Å². The molecule has 0 radical (unpaired) electrons. The van der Waals surface area contributed by atoms with Gasteiger partial charge in [0.2, 0.25) is 10.0 Å². The number of sulfonamides is 2. The molecule has 1 N–H and O–H groups in total. The minimum Gasteiger partial charge on any atom is -0.279 e. The largest absolute Gasteiger partial charge is 0.279 e. The van der Waals surface area contributed by atoms with E-state index in [1.54, 1.807) is 45.9 Å². The molecule has 0 amide bonds. The summed E-state index contributed by atoms with van der Waals surface area (Å²) in [4.78, 5) is -0.0214. The molecule has 148 valence electrons. The molecule has 9 heteroatoms. The van der Waals surface area contributed by atoms with Gasteiger partial charge in [-0.2, -0.15) is 4.31 Å². The van der Waals surface area contributed by atoms with Gasteiger partial charge in [0.25, 0.3) is 10.0 Å². The van der Waals surface area contributed by atoms with Gasteiger partial charge in [0.05, 0.1) is 15.6 Å². The van der Waals surface area contributed by atoms with Crippen molar-refractivity contribution in [1.82, 2.24) is 4.31 Å². The zero-order valence-corrected chi connectivity index (χ0v) is 18.0. The zero-order valence-electron chi connectivity index (χ0n) is 15.7. The van der Waals surface area contributed by atoms with E-state index < -0.39 is 20.0 Å². The number of hydrogen-bond acceptors (Lipinski definition) is 4. The van der Waals surface area contributed by atoms with Gasteiger partial charge < -0.3 is 0 Å². The first-order valence-corrected chi connectivity index (χ1v) is 11.7. The molecule has 6 nitrogen and oxygen atoms in total. The summed E-state index contributed by atoms with van der Waals surface area (Å²) in [6.45, 7) is 7.63. The predicted molar refractivity (Wildman–Crippen MR) is 108 cm³/mol. The smallest absolute Gasteiger partial charge is 0.263 e. The van der Waals surface area contributed by atoms with Crippen molar-refractivity contribution in [3.05, 3.63) is 52.5 Å². The fourth-order valence-corrected chi connectivity index (χ4v) is 5.86. The van der Waals surface area contributed by atoms with Gasteiger partial charge in [0.15, 0.2) is 0 Å². The summed E-state index contributed by atoms with van der Waals surface area (Å²) in [6.07, 6.45) is 0. The minimum atomic E-state index is -3.97. The molecular formula is C18H23ClN2O4S2. The van der Waals surface area contributed by atoms with Crippen molar-refractivity contribution in [2.75, 3.05) is 17.8 Å². The predicted octanol–water partition coefficient (Wildman–Crippen LogP) is 3.79. The Morgan fingerprint density at radius 3 is 2.15 bits per heavy atom. The summed E-state index contributed by atoms with van der Waals surface area (Å²) in [5.74, 6) is 0. The lowest BCUT2D eigenvalue weighted by molar-refractivity contribution is 0.445. The number of anilines is 1. The molecule has 0 unspecified atom stereocenters. The highest BCUT2D eigenvalue weighted by Crippen LogP contribution is 2.29. The average Bonchev–Trinajstić information content (AvgIpc) is 2.59. The molecule has 0 bridgehead atoms. The molecule has 0 atom stereocenters. The topological polar surface area (TPSA) is 83.6 Å². The first-order chi connectivity index (χ1) is 12.5. The third-order valence-corrected chi connectivity index (χ3v) is 8.25. The van der Waals surface area contributed by atoms with Crippen LogP contribution < -0.4 is 4.72 Å². The van der Waals surface area contributed by atoms with Crippen molar-refractivity contribution in [2.24, 2.45) is 0 Å². The van der Waals surface area contributed by atoms with Gasteiger partial charge >= 0.3 is 0 Å². The molecule has 27 heavy (non-hydrogen) atoms. The third kappa shape index (κ3) is 4.45. The van der Waals surface area contributed by atoms with Gasteiger partial charge in [0.1, 0.15) is 4.90 Å². The van der Waals surface area contributed by atoms with E-state index in [-0.39, 0.29) is 20.5 Å². The lowest BCUT2D eigenvalue weighted by Crippen LogP contribution is -2.30. The van der Waals surface area contributed by atoms with E-state index in [9.17, 15) is 16.8 Å². The maximum Gasteiger partial charge on any atom is 0.263 e. The van der Waals surface area contributed by atoms with E-state index >= 15 is 0 Å². The Balaban J connectivity index is 2.56. The van der Waals surface area contributed by atoms with Crippen LogP contribution in [0.2, 0.25) is 5.02 Å². The van der Waals surface area contributed by atoms with Crippen LogP contribution in [0.5, 0.6) is 0 Å². The van der Waals surface area contributed by atoms with Crippen molar-refractivity contribution in [1.29, 1.82) is 0 Å². The number of aryl methyl sites for hydroxylation is 1. The summed E-state index contributed by atoms with van der Waals surface area (Å²) in [5, 5.41) is 0.0892. The molecule has 2 aromatic carbocycles. The van der Waals surface area contributed by atoms with Crippen LogP contribution in [0, 0.1) is 13.8 Å². The Morgan fingerprint density at radius 1 is 1.00 bits per heavy atom. The van der Waals surface area contributed by atoms with Crippen LogP contribution in [-0.4, -0.2) is 34.2 Å². The Kier molecular flexibility index (Phi) is 6.57. The second-order valence-corrected chi connectivity index (χ2v) is 10.0. The molecule has 0 aliphatic heterocycles. The van der Waals surface area contributed by atoms with Gasteiger partial charge in [0, 0.05) is 13.1 Å². The van der Waals surface area contributed by atoms with Crippen LogP contribution in [0.3, 0.4) is 0 Å². The summed E-state index contributed by atoms with van der Waals surface area (Å²) in [7, 11) is -7.69. The van der Waals surface area contributed by atoms with Crippen molar-refractivity contribution in [2.45, 2.75) is 37.5 Å². The molecule has 0 aliphatic rings. The number of hydrogen-bond donors (Lipinski definition) is 1. The molecule has 0 aromatic heterocycles. The van der Waals surface area contributed by atoms with E-state index in [1.807, 2.05) is 0 Å². The second kappa shape index (κ2) is 8.18. The lowest BCUT2D eigenvalue weighted by Gasteiger charge is -2.21. The molecule has 2 aromatic rings.